The van der Waals surface area contributed by atoms with Gasteiger partial charge < -0.3 is 19.5 Å². The number of hydrogen-bond donors (Lipinski definition) is 2. The van der Waals surface area contributed by atoms with Crippen molar-refractivity contribution in [2.24, 2.45) is 0 Å². The van der Waals surface area contributed by atoms with Gasteiger partial charge >= 0.3 is 5.97 Å². The van der Waals surface area contributed by atoms with Crippen LogP contribution >= 0.6 is 23.6 Å². The second-order valence-electron chi connectivity index (χ2n) is 7.03. The Morgan fingerprint density at radius 3 is 2.62 bits per heavy atom. The molecule has 32 heavy (non-hydrogen) atoms. The van der Waals surface area contributed by atoms with E-state index in [-0.39, 0.29) is 11.1 Å². The average Bonchev–Trinajstić information content (AvgIpc) is 3.15. The van der Waals surface area contributed by atoms with Crippen LogP contribution in [0.25, 0.3) is 6.08 Å². The molecule has 170 valence electrons. The van der Waals surface area contributed by atoms with E-state index in [2.05, 4.69) is 10.6 Å². The molecular weight excluding hydrogens is 448 g/mol. The fourth-order valence-corrected chi connectivity index (χ4v) is 5.04. The van der Waals surface area contributed by atoms with Crippen molar-refractivity contribution in [1.82, 2.24) is 5.32 Å². The van der Waals surface area contributed by atoms with Gasteiger partial charge in [-0.1, -0.05) is 6.07 Å². The van der Waals surface area contributed by atoms with Crippen LogP contribution in [0.3, 0.4) is 0 Å². The molecule has 1 amide bonds. The van der Waals surface area contributed by atoms with Crippen LogP contribution in [0.15, 0.2) is 24.3 Å². The van der Waals surface area contributed by atoms with E-state index >= 15 is 0 Å². The normalized spacial score (nSPS) is 12.7. The number of thiophene rings is 1. The lowest BCUT2D eigenvalue weighted by atomic mass is 9.95. The maximum Gasteiger partial charge on any atom is 0.341 e. The van der Waals surface area contributed by atoms with Crippen LogP contribution in [-0.4, -0.2) is 37.8 Å². The number of ether oxygens (including phenoxy) is 3. The topological polar surface area (TPSA) is 85.9 Å². The minimum absolute atomic E-state index is 0.121. The first-order valence-corrected chi connectivity index (χ1v) is 11.5. The smallest absolute Gasteiger partial charge is 0.341 e. The molecule has 1 aromatic heterocycles. The van der Waals surface area contributed by atoms with E-state index in [4.69, 9.17) is 26.4 Å². The molecule has 0 atom stereocenters. The van der Waals surface area contributed by atoms with Gasteiger partial charge in [-0.3, -0.25) is 10.1 Å². The first-order valence-electron chi connectivity index (χ1n) is 10.3. The zero-order valence-corrected chi connectivity index (χ0v) is 19.9. The minimum Gasteiger partial charge on any atom is -0.493 e. The molecule has 9 heteroatoms. The van der Waals surface area contributed by atoms with Crippen molar-refractivity contribution in [3.8, 4) is 11.5 Å². The van der Waals surface area contributed by atoms with Crippen molar-refractivity contribution in [2.75, 3.05) is 26.1 Å². The first-order chi connectivity index (χ1) is 15.5. The third-order valence-corrected chi connectivity index (χ3v) is 6.36. The molecule has 2 aromatic rings. The van der Waals surface area contributed by atoms with Gasteiger partial charge in [0.05, 0.1) is 26.4 Å². The summed E-state index contributed by atoms with van der Waals surface area (Å²) in [5, 5.41) is 6.37. The van der Waals surface area contributed by atoms with Gasteiger partial charge in [0.15, 0.2) is 16.6 Å². The Labute approximate surface area is 196 Å². The van der Waals surface area contributed by atoms with E-state index in [1.807, 2.05) is 6.07 Å². The summed E-state index contributed by atoms with van der Waals surface area (Å²) in [6.45, 7) is 2.07. The monoisotopic (exact) mass is 474 g/mol. The average molecular weight is 475 g/mol. The van der Waals surface area contributed by atoms with Crippen molar-refractivity contribution < 1.29 is 23.8 Å². The Morgan fingerprint density at radius 1 is 1.16 bits per heavy atom. The number of nitrogens with one attached hydrogen (secondary N) is 2. The second-order valence-corrected chi connectivity index (χ2v) is 8.54. The highest BCUT2D eigenvalue weighted by Crippen LogP contribution is 2.38. The van der Waals surface area contributed by atoms with Gasteiger partial charge in [0, 0.05) is 11.0 Å². The Kier molecular flexibility index (Phi) is 8.24. The highest BCUT2D eigenvalue weighted by Gasteiger charge is 2.26. The summed E-state index contributed by atoms with van der Waals surface area (Å²) in [6.07, 6.45) is 6.93. The minimum atomic E-state index is -0.392. The van der Waals surface area contributed by atoms with E-state index in [9.17, 15) is 9.59 Å². The van der Waals surface area contributed by atoms with Crippen LogP contribution in [0.4, 0.5) is 5.00 Å². The predicted molar refractivity (Wildman–Crippen MR) is 130 cm³/mol. The SMILES string of the molecule is CCOC(=O)c1c(NC(=S)NC(=O)/C=C/c2ccc(OC)c(OC)c2)sc2c1CCCC2. The number of rotatable bonds is 7. The molecule has 0 unspecified atom stereocenters. The number of hydrogen-bond acceptors (Lipinski definition) is 7. The van der Waals surface area contributed by atoms with Crippen molar-refractivity contribution in [3.05, 3.63) is 45.8 Å². The quantitative estimate of drug-likeness (QED) is 0.351. The number of methoxy groups -OCH3 is 2. The summed E-state index contributed by atoms with van der Waals surface area (Å²) in [4.78, 5) is 26.1. The number of carbonyl (C=O) groups excluding carboxylic acids is 2. The number of esters is 1. The van der Waals surface area contributed by atoms with Crippen LogP contribution in [0.2, 0.25) is 0 Å². The Morgan fingerprint density at radius 2 is 1.91 bits per heavy atom. The predicted octanol–water partition coefficient (Wildman–Crippen LogP) is 4.35. The van der Waals surface area contributed by atoms with E-state index in [0.717, 1.165) is 36.8 Å². The molecule has 0 saturated carbocycles. The fraction of sp³-hybridized carbons (Fsp3) is 0.348. The third kappa shape index (κ3) is 5.66. The maximum absolute atomic E-state index is 12.5. The Hall–Kier alpha value is -2.91. The molecule has 1 aliphatic rings. The number of carbonyl (C=O) groups is 2. The van der Waals surface area contributed by atoms with Crippen molar-refractivity contribution in [2.45, 2.75) is 32.6 Å². The number of benzene rings is 1. The summed E-state index contributed by atoms with van der Waals surface area (Å²) in [7, 11) is 3.11. The van der Waals surface area contributed by atoms with Gasteiger partial charge in [-0.2, -0.15) is 0 Å². The summed E-state index contributed by atoms with van der Waals surface area (Å²) >= 11 is 6.80. The van der Waals surface area contributed by atoms with Gasteiger partial charge in [-0.15, -0.1) is 11.3 Å². The van der Waals surface area contributed by atoms with Crippen LogP contribution in [0.5, 0.6) is 11.5 Å². The summed E-state index contributed by atoms with van der Waals surface area (Å²) in [6, 6.07) is 5.34. The Bertz CT molecular complexity index is 1050. The van der Waals surface area contributed by atoms with Crippen molar-refractivity contribution >= 4 is 51.6 Å². The lowest BCUT2D eigenvalue weighted by Crippen LogP contribution is -2.33. The van der Waals surface area contributed by atoms with Gasteiger partial charge in [-0.05, 0) is 74.2 Å². The maximum atomic E-state index is 12.5. The van der Waals surface area contributed by atoms with Crippen LogP contribution in [0.1, 0.15) is 46.1 Å². The molecule has 0 radical (unpaired) electrons. The standard InChI is InChI=1S/C23H26N2O5S2/c1-4-30-22(27)20-15-7-5-6-8-18(15)32-21(20)25-23(31)24-19(26)12-10-14-9-11-16(28-2)17(13-14)29-3/h9-13H,4-8H2,1-3H3,(H2,24,25,26,31)/b12-10+. The molecule has 0 bridgehead atoms. The van der Waals surface area contributed by atoms with Crippen molar-refractivity contribution in [3.63, 3.8) is 0 Å². The third-order valence-electron chi connectivity index (χ3n) is 4.95. The lowest BCUT2D eigenvalue weighted by Gasteiger charge is -2.12. The molecule has 1 aromatic carbocycles. The molecule has 7 nitrogen and oxygen atoms in total. The highest BCUT2D eigenvalue weighted by molar-refractivity contribution is 7.80. The largest absolute Gasteiger partial charge is 0.493 e. The summed E-state index contributed by atoms with van der Waals surface area (Å²) in [5.41, 5.74) is 2.33. The molecule has 0 spiro atoms. The van der Waals surface area contributed by atoms with E-state index in [1.54, 1.807) is 39.4 Å². The first kappa shape index (κ1) is 23.7. The fourth-order valence-electron chi connectivity index (χ4n) is 3.49. The molecule has 0 saturated heterocycles. The molecule has 2 N–H and O–H groups in total. The lowest BCUT2D eigenvalue weighted by molar-refractivity contribution is -0.115. The van der Waals surface area contributed by atoms with E-state index in [1.165, 1.54) is 22.3 Å². The molecule has 1 heterocycles. The van der Waals surface area contributed by atoms with Crippen LogP contribution in [0, 0.1) is 0 Å². The zero-order valence-electron chi connectivity index (χ0n) is 18.3. The van der Waals surface area contributed by atoms with Gasteiger partial charge in [0.2, 0.25) is 5.91 Å². The van der Waals surface area contributed by atoms with Crippen molar-refractivity contribution in [1.29, 1.82) is 0 Å². The van der Waals surface area contributed by atoms with Crippen LogP contribution in [-0.2, 0) is 22.4 Å². The number of amides is 1. The highest BCUT2D eigenvalue weighted by atomic mass is 32.1. The molecule has 1 aliphatic carbocycles. The number of thiocarbonyl (C=S) groups is 1. The summed E-state index contributed by atoms with van der Waals surface area (Å²) < 4.78 is 15.7. The molecule has 0 fully saturated rings. The number of fused-ring (bicyclic) bond motifs is 1. The number of aryl methyl sites for hydroxylation is 1. The summed E-state index contributed by atoms with van der Waals surface area (Å²) in [5.74, 6) is 0.420. The molecule has 0 aliphatic heterocycles. The van der Waals surface area contributed by atoms with Gasteiger partial charge in [-0.25, -0.2) is 4.79 Å². The Balaban J connectivity index is 1.68. The van der Waals surface area contributed by atoms with E-state index in [0.29, 0.717) is 28.7 Å². The van der Waals surface area contributed by atoms with Gasteiger partial charge in [0.1, 0.15) is 5.00 Å². The molecule has 3 rings (SSSR count). The van der Waals surface area contributed by atoms with E-state index < -0.39 is 5.91 Å². The molecular formula is C23H26N2O5S2. The zero-order chi connectivity index (χ0) is 23.1. The second kappa shape index (κ2) is 11.1. The number of anilines is 1. The van der Waals surface area contributed by atoms with Gasteiger partial charge in [0.25, 0.3) is 0 Å². The van der Waals surface area contributed by atoms with Crippen LogP contribution < -0.4 is 20.1 Å².